The molecule has 2 aromatic carbocycles. The van der Waals surface area contributed by atoms with Gasteiger partial charge >= 0.3 is 0 Å². The molecule has 1 aliphatic rings. The van der Waals surface area contributed by atoms with Crippen LogP contribution in [-0.2, 0) is 17.6 Å². The zero-order chi connectivity index (χ0) is 19.5. The molecule has 3 aromatic rings. The van der Waals surface area contributed by atoms with E-state index < -0.39 is 0 Å². The number of rotatable bonds is 6. The van der Waals surface area contributed by atoms with Crippen molar-refractivity contribution in [3.05, 3.63) is 71.4 Å². The van der Waals surface area contributed by atoms with Gasteiger partial charge in [-0.15, -0.1) is 0 Å². The number of nitrogens with zero attached hydrogens (tertiary/aromatic N) is 2. The van der Waals surface area contributed by atoms with Crippen LogP contribution in [0.15, 0.2) is 52.9 Å². The number of carbonyl (C=O) groups excluding carboxylic acids is 1. The Bertz CT molecular complexity index is 982. The summed E-state index contributed by atoms with van der Waals surface area (Å²) < 4.78 is 18.7. The van der Waals surface area contributed by atoms with Gasteiger partial charge < -0.3 is 14.6 Å². The number of aryl methyl sites for hydroxylation is 1. The average molecular weight is 379 g/mol. The highest BCUT2D eigenvalue weighted by molar-refractivity contribution is 5.78. The molecule has 6 heteroatoms. The largest absolute Gasteiger partial charge is 0.441 e. The number of oxazole rings is 1. The van der Waals surface area contributed by atoms with Crippen molar-refractivity contribution in [2.75, 3.05) is 24.5 Å². The Kier molecular flexibility index (Phi) is 5.10. The first-order valence-electron chi connectivity index (χ1n) is 9.42. The molecule has 0 fully saturated rings. The van der Waals surface area contributed by atoms with Gasteiger partial charge in [-0.05, 0) is 49.2 Å². The fraction of sp³-hybridized carbons (Fsp3) is 0.273. The first-order chi connectivity index (χ1) is 13.6. The van der Waals surface area contributed by atoms with Crippen molar-refractivity contribution in [2.24, 2.45) is 0 Å². The van der Waals surface area contributed by atoms with E-state index in [0.717, 1.165) is 19.5 Å². The number of hydrogen-bond donors (Lipinski definition) is 1. The number of benzene rings is 2. The maximum absolute atomic E-state index is 13.1. The second-order valence-corrected chi connectivity index (χ2v) is 6.92. The molecule has 4 rings (SSSR count). The maximum Gasteiger partial charge on any atom is 0.226 e. The monoisotopic (exact) mass is 379 g/mol. The van der Waals surface area contributed by atoms with Crippen LogP contribution in [0.25, 0.3) is 11.5 Å². The molecule has 5 nitrogen and oxygen atoms in total. The average Bonchev–Trinajstić information content (AvgIpc) is 3.26. The van der Waals surface area contributed by atoms with Crippen LogP contribution in [0.2, 0.25) is 0 Å². The van der Waals surface area contributed by atoms with Gasteiger partial charge in [0.15, 0.2) is 0 Å². The zero-order valence-corrected chi connectivity index (χ0v) is 15.7. The van der Waals surface area contributed by atoms with Gasteiger partial charge in [-0.25, -0.2) is 9.37 Å². The Morgan fingerprint density at radius 3 is 2.82 bits per heavy atom. The molecule has 0 radical (unpaired) electrons. The van der Waals surface area contributed by atoms with Gasteiger partial charge in [0.05, 0.1) is 12.1 Å². The summed E-state index contributed by atoms with van der Waals surface area (Å²) >= 11 is 0. The SMILES string of the molecule is Cc1oc(-c2ccc(F)cc2)nc1CC(=O)NCCN1CCc2ccccc21. The molecule has 1 amide bonds. The molecule has 0 aliphatic carbocycles. The molecule has 2 heterocycles. The Balaban J connectivity index is 1.31. The molecule has 1 aromatic heterocycles. The fourth-order valence-electron chi connectivity index (χ4n) is 3.49. The number of fused-ring (bicyclic) bond motifs is 1. The van der Waals surface area contributed by atoms with Gasteiger partial charge in [0.25, 0.3) is 0 Å². The van der Waals surface area contributed by atoms with Crippen LogP contribution < -0.4 is 10.2 Å². The summed E-state index contributed by atoms with van der Waals surface area (Å²) in [4.78, 5) is 19.0. The lowest BCUT2D eigenvalue weighted by Crippen LogP contribution is -2.35. The molecule has 1 aliphatic heterocycles. The number of amides is 1. The van der Waals surface area contributed by atoms with Crippen LogP contribution in [-0.4, -0.2) is 30.5 Å². The molecular formula is C22H22FN3O2. The quantitative estimate of drug-likeness (QED) is 0.712. The first kappa shape index (κ1) is 18.2. The number of carbonyl (C=O) groups is 1. The molecular weight excluding hydrogens is 357 g/mol. The predicted molar refractivity (Wildman–Crippen MR) is 106 cm³/mol. The highest BCUT2D eigenvalue weighted by Crippen LogP contribution is 2.26. The maximum atomic E-state index is 13.1. The molecule has 1 N–H and O–H groups in total. The third kappa shape index (κ3) is 3.91. The smallest absolute Gasteiger partial charge is 0.226 e. The van der Waals surface area contributed by atoms with E-state index in [1.165, 1.54) is 23.4 Å². The Morgan fingerprint density at radius 2 is 2.00 bits per heavy atom. The van der Waals surface area contributed by atoms with E-state index in [9.17, 15) is 9.18 Å². The molecule has 0 bridgehead atoms. The summed E-state index contributed by atoms with van der Waals surface area (Å²) in [5.74, 6) is 0.596. The predicted octanol–water partition coefficient (Wildman–Crippen LogP) is 3.51. The van der Waals surface area contributed by atoms with E-state index in [2.05, 4.69) is 33.4 Å². The molecule has 0 spiro atoms. The lowest BCUT2D eigenvalue weighted by molar-refractivity contribution is -0.120. The standard InChI is InChI=1S/C22H22FN3O2/c1-15-19(25-22(28-15)17-6-8-18(23)9-7-17)14-21(27)24-11-13-26-12-10-16-4-2-3-5-20(16)26/h2-9H,10-14H2,1H3,(H,24,27). The third-order valence-electron chi connectivity index (χ3n) is 5.00. The van der Waals surface area contributed by atoms with Gasteiger partial charge in [-0.3, -0.25) is 4.79 Å². The number of nitrogens with one attached hydrogen (secondary N) is 1. The lowest BCUT2D eigenvalue weighted by atomic mass is 10.2. The Hall–Kier alpha value is -3.15. The summed E-state index contributed by atoms with van der Waals surface area (Å²) in [6.07, 6.45) is 1.21. The minimum absolute atomic E-state index is 0.0884. The summed E-state index contributed by atoms with van der Waals surface area (Å²) in [5.41, 5.74) is 3.90. The topological polar surface area (TPSA) is 58.4 Å². The highest BCUT2D eigenvalue weighted by Gasteiger charge is 2.18. The van der Waals surface area contributed by atoms with Crippen molar-refractivity contribution in [3.63, 3.8) is 0 Å². The van der Waals surface area contributed by atoms with Crippen molar-refractivity contribution in [1.29, 1.82) is 0 Å². The van der Waals surface area contributed by atoms with Gasteiger partial charge in [0.2, 0.25) is 11.8 Å². The number of aromatic nitrogens is 1. The van der Waals surface area contributed by atoms with Crippen molar-refractivity contribution >= 4 is 11.6 Å². The van der Waals surface area contributed by atoms with Crippen LogP contribution in [0, 0.1) is 12.7 Å². The molecule has 28 heavy (non-hydrogen) atoms. The van der Waals surface area contributed by atoms with Crippen LogP contribution in [0.3, 0.4) is 0 Å². The van der Waals surface area contributed by atoms with Crippen molar-refractivity contribution in [3.8, 4) is 11.5 Å². The van der Waals surface area contributed by atoms with Gasteiger partial charge in [0.1, 0.15) is 11.6 Å². The fourth-order valence-corrected chi connectivity index (χ4v) is 3.49. The second kappa shape index (κ2) is 7.84. The molecule has 0 atom stereocenters. The van der Waals surface area contributed by atoms with Crippen LogP contribution >= 0.6 is 0 Å². The second-order valence-electron chi connectivity index (χ2n) is 6.92. The van der Waals surface area contributed by atoms with E-state index in [1.54, 1.807) is 19.1 Å². The minimum atomic E-state index is -0.313. The normalized spacial score (nSPS) is 12.9. The van der Waals surface area contributed by atoms with Crippen molar-refractivity contribution in [2.45, 2.75) is 19.8 Å². The van der Waals surface area contributed by atoms with Crippen LogP contribution in [0.4, 0.5) is 10.1 Å². The third-order valence-corrected chi connectivity index (χ3v) is 5.00. The van der Waals surface area contributed by atoms with Gasteiger partial charge in [-0.1, -0.05) is 18.2 Å². The summed E-state index contributed by atoms with van der Waals surface area (Å²) in [5, 5.41) is 2.96. The molecule has 0 unspecified atom stereocenters. The molecule has 144 valence electrons. The van der Waals surface area contributed by atoms with Crippen LogP contribution in [0.5, 0.6) is 0 Å². The van der Waals surface area contributed by atoms with Gasteiger partial charge in [-0.2, -0.15) is 0 Å². The number of halogens is 1. The minimum Gasteiger partial charge on any atom is -0.441 e. The lowest BCUT2D eigenvalue weighted by Gasteiger charge is -2.19. The number of anilines is 1. The molecule has 0 saturated carbocycles. The molecule has 0 saturated heterocycles. The van der Waals surface area contributed by atoms with Gasteiger partial charge in [0, 0.05) is 30.9 Å². The van der Waals surface area contributed by atoms with E-state index in [0.29, 0.717) is 29.5 Å². The van der Waals surface area contributed by atoms with E-state index in [4.69, 9.17) is 4.42 Å². The van der Waals surface area contributed by atoms with E-state index in [1.807, 2.05) is 6.07 Å². The number of para-hydroxylation sites is 1. The summed E-state index contributed by atoms with van der Waals surface area (Å²) in [7, 11) is 0. The van der Waals surface area contributed by atoms with Crippen molar-refractivity contribution in [1.82, 2.24) is 10.3 Å². The Morgan fingerprint density at radius 1 is 1.21 bits per heavy atom. The number of hydrogen-bond acceptors (Lipinski definition) is 4. The Labute approximate surface area is 163 Å². The first-order valence-corrected chi connectivity index (χ1v) is 9.42. The van der Waals surface area contributed by atoms with E-state index in [-0.39, 0.29) is 18.1 Å². The zero-order valence-electron chi connectivity index (χ0n) is 15.7. The summed E-state index contributed by atoms with van der Waals surface area (Å²) in [6.45, 7) is 4.12. The summed E-state index contributed by atoms with van der Waals surface area (Å²) in [6, 6.07) is 14.3. The van der Waals surface area contributed by atoms with Crippen molar-refractivity contribution < 1.29 is 13.6 Å². The van der Waals surface area contributed by atoms with Crippen LogP contribution in [0.1, 0.15) is 17.0 Å². The highest BCUT2D eigenvalue weighted by atomic mass is 19.1. The van der Waals surface area contributed by atoms with E-state index >= 15 is 0 Å².